The highest BCUT2D eigenvalue weighted by atomic mass is 19.2. The van der Waals surface area contributed by atoms with Crippen molar-refractivity contribution in [3.05, 3.63) is 80.9 Å². The first kappa shape index (κ1) is 35.8. The van der Waals surface area contributed by atoms with Crippen LogP contribution in [0.25, 0.3) is 0 Å². The highest BCUT2D eigenvalue weighted by molar-refractivity contribution is 4.69. The Morgan fingerprint density at radius 2 is 0.561 bits per heavy atom. The summed E-state index contributed by atoms with van der Waals surface area (Å²) in [6, 6.07) is 0. The molecule has 0 aromatic carbocycles. The molecule has 0 radical (unpaired) electrons. The number of hydrogen-bond acceptors (Lipinski definition) is 19. The average Bonchev–Trinajstić information content (AvgIpc) is 2.82. The zero-order valence-corrected chi connectivity index (χ0v) is 19.2. The fourth-order valence-electron chi connectivity index (χ4n) is 2.46. The van der Waals surface area contributed by atoms with Gasteiger partial charge in [-0.3, -0.25) is 80.9 Å². The number of hydrogen-bond donors (Lipinski definition) is 0. The second kappa shape index (κ2) is 12.8. The van der Waals surface area contributed by atoms with Crippen LogP contribution in [0.15, 0.2) is 0 Å². The minimum absolute atomic E-state index is 0.567. The molecule has 0 N–H and O–H groups in total. The van der Waals surface area contributed by atoms with E-state index in [1.807, 2.05) is 0 Å². The number of alkyl halides is 4. The summed E-state index contributed by atoms with van der Waals surface area (Å²) in [7, 11) is 0. The third-order valence-corrected chi connectivity index (χ3v) is 4.48. The fraction of sp³-hybridized carbons (Fsp3) is 1.00. The Kier molecular flexibility index (Phi) is 11.1. The standard InChI is InChI=1S/C10H12F4N10O17/c11-7(17(25)26,18(27)28)1-15(2-8(12,19(29)30)20(31)32)5-41-6-16(3-9(13,21(33)34)22(35)36)4-10(14,23(37)38)24(39)40/h1-6H2. The molecule has 0 aliphatic carbocycles. The van der Waals surface area contributed by atoms with E-state index in [-0.39, 0.29) is 0 Å². The van der Waals surface area contributed by atoms with Crippen molar-refractivity contribution in [2.24, 2.45) is 0 Å². The number of nitrogens with zero attached hydrogens (tertiary/aromatic N) is 10. The summed E-state index contributed by atoms with van der Waals surface area (Å²) in [6.45, 7) is -13.5. The van der Waals surface area contributed by atoms with Gasteiger partial charge in [-0.2, -0.15) is 0 Å². The predicted molar refractivity (Wildman–Crippen MR) is 105 cm³/mol. The second-order valence-electron chi connectivity index (χ2n) is 7.37. The molecule has 0 atom stereocenters. The van der Waals surface area contributed by atoms with Crippen molar-refractivity contribution < 1.29 is 61.7 Å². The molecule has 0 aromatic rings. The Morgan fingerprint density at radius 1 is 0.415 bits per heavy atom. The van der Waals surface area contributed by atoms with E-state index in [9.17, 15) is 98.5 Å². The van der Waals surface area contributed by atoms with Gasteiger partial charge in [0.15, 0.2) is 26.2 Å². The van der Waals surface area contributed by atoms with Crippen molar-refractivity contribution >= 4 is 0 Å². The van der Waals surface area contributed by atoms with Gasteiger partial charge in [0, 0.05) is 0 Å². The van der Waals surface area contributed by atoms with Gasteiger partial charge in [0.05, 0.1) is 0 Å². The molecule has 27 nitrogen and oxygen atoms in total. The van der Waals surface area contributed by atoms with Crippen molar-refractivity contribution in [3.63, 3.8) is 0 Å². The highest BCUT2D eigenvalue weighted by Gasteiger charge is 2.66. The van der Waals surface area contributed by atoms with E-state index < -0.39 is 112 Å². The molecule has 0 rings (SSSR count). The quantitative estimate of drug-likeness (QED) is 0.0477. The van der Waals surface area contributed by atoms with E-state index in [2.05, 4.69) is 4.74 Å². The maximum Gasteiger partial charge on any atom is 0.626 e. The Balaban J connectivity index is 6.47. The smallest absolute Gasteiger partial charge is 0.351 e. The topological polar surface area (TPSA) is 361 Å². The van der Waals surface area contributed by atoms with Gasteiger partial charge >= 0.3 is 23.7 Å². The molecule has 0 aliphatic rings. The number of rotatable bonds is 20. The maximum absolute atomic E-state index is 14.3. The average molecular weight is 620 g/mol. The molecule has 0 fully saturated rings. The summed E-state index contributed by atoms with van der Waals surface area (Å²) >= 11 is 0. The SMILES string of the molecule is O=[N+]([O-])C(F)(CN(COCN(CC(F)([N+](=O)[O-])[N+](=O)[O-])CC(F)([N+](=O)[O-])[N+](=O)[O-])CC(F)([N+](=O)[O-])[N+](=O)[O-])[N+](=O)[O-]. The first-order valence-corrected chi connectivity index (χ1v) is 9.35. The summed E-state index contributed by atoms with van der Waals surface area (Å²) in [6.07, 6.45) is 0. The van der Waals surface area contributed by atoms with Gasteiger partial charge in [-0.1, -0.05) is 17.6 Å². The van der Waals surface area contributed by atoms with E-state index in [1.54, 1.807) is 0 Å². The van der Waals surface area contributed by atoms with Crippen LogP contribution in [0.1, 0.15) is 0 Å². The van der Waals surface area contributed by atoms with Crippen LogP contribution in [-0.4, -0.2) is 112 Å². The normalized spacial score (nSPS) is 12.6. The van der Waals surface area contributed by atoms with E-state index in [0.29, 0.717) is 0 Å². The summed E-state index contributed by atoms with van der Waals surface area (Å²) in [5.41, 5.74) is 0. The largest absolute Gasteiger partial charge is 0.626 e. The van der Waals surface area contributed by atoms with E-state index in [0.717, 1.165) is 0 Å². The van der Waals surface area contributed by atoms with Crippen LogP contribution in [-0.2, 0) is 4.74 Å². The third kappa shape index (κ3) is 7.91. The Labute approximate surface area is 217 Å². The molecule has 0 saturated heterocycles. The lowest BCUT2D eigenvalue weighted by atomic mass is 10.3. The summed E-state index contributed by atoms with van der Waals surface area (Å²) < 4.78 is 61.5. The lowest BCUT2D eigenvalue weighted by molar-refractivity contribution is -0.838. The molecule has 0 unspecified atom stereocenters. The van der Waals surface area contributed by atoms with Crippen molar-refractivity contribution in [2.45, 2.75) is 23.7 Å². The van der Waals surface area contributed by atoms with Crippen LogP contribution in [0.5, 0.6) is 0 Å². The third-order valence-electron chi connectivity index (χ3n) is 4.48. The molecule has 0 amide bonds. The maximum atomic E-state index is 14.3. The molecule has 0 heterocycles. The first-order chi connectivity index (χ1) is 18.4. The Morgan fingerprint density at radius 3 is 0.683 bits per heavy atom. The van der Waals surface area contributed by atoms with Crippen LogP contribution < -0.4 is 0 Å². The van der Waals surface area contributed by atoms with Crippen molar-refractivity contribution in [1.29, 1.82) is 0 Å². The van der Waals surface area contributed by atoms with E-state index in [4.69, 9.17) is 0 Å². The Hall–Kier alpha value is -5.20. The van der Waals surface area contributed by atoms with Gasteiger partial charge < -0.3 is 4.74 Å². The van der Waals surface area contributed by atoms with Gasteiger partial charge in [0.25, 0.3) is 0 Å². The zero-order valence-electron chi connectivity index (χ0n) is 19.2. The van der Waals surface area contributed by atoms with Gasteiger partial charge in [0.2, 0.25) is 0 Å². The molecular formula is C10H12F4N10O17. The predicted octanol–water partition coefficient (Wildman–Crippen LogP) is -1.77. The molecule has 41 heavy (non-hydrogen) atoms. The van der Waals surface area contributed by atoms with Gasteiger partial charge in [0.1, 0.15) is 52.8 Å². The number of nitro groups is 8. The number of halogens is 4. The zero-order chi connectivity index (χ0) is 32.7. The van der Waals surface area contributed by atoms with Gasteiger partial charge in [-0.15, -0.1) is 0 Å². The monoisotopic (exact) mass is 620 g/mol. The van der Waals surface area contributed by atoms with Crippen molar-refractivity contribution in [3.8, 4) is 0 Å². The molecule has 0 spiro atoms. The van der Waals surface area contributed by atoms with Crippen LogP contribution in [0.2, 0.25) is 0 Å². The molecule has 0 aliphatic heterocycles. The first-order valence-electron chi connectivity index (χ1n) is 9.35. The van der Waals surface area contributed by atoms with Crippen LogP contribution in [0.4, 0.5) is 17.6 Å². The van der Waals surface area contributed by atoms with Crippen LogP contribution in [0, 0.1) is 80.9 Å². The molecule has 232 valence electrons. The summed E-state index contributed by atoms with van der Waals surface area (Å²) in [5, 5.41) is 86.4. The minimum Gasteiger partial charge on any atom is -0.351 e. The van der Waals surface area contributed by atoms with Crippen molar-refractivity contribution in [1.82, 2.24) is 9.80 Å². The minimum atomic E-state index is -4.91. The highest BCUT2D eigenvalue weighted by Crippen LogP contribution is 2.23. The van der Waals surface area contributed by atoms with Crippen LogP contribution in [0.3, 0.4) is 0 Å². The molecule has 0 saturated carbocycles. The van der Waals surface area contributed by atoms with Gasteiger partial charge in [-0.05, 0) is 0 Å². The fourth-order valence-corrected chi connectivity index (χ4v) is 2.46. The van der Waals surface area contributed by atoms with Gasteiger partial charge in [-0.25, -0.2) is 9.80 Å². The molecule has 0 bridgehead atoms. The molecule has 0 aromatic heterocycles. The lowest BCUT2D eigenvalue weighted by Crippen LogP contribution is -2.59. The lowest BCUT2D eigenvalue weighted by Gasteiger charge is -2.25. The number of ether oxygens (including phenoxy) is 1. The van der Waals surface area contributed by atoms with E-state index >= 15 is 0 Å². The van der Waals surface area contributed by atoms with Crippen LogP contribution >= 0.6 is 0 Å². The molecule has 31 heteroatoms. The summed E-state index contributed by atoms with van der Waals surface area (Å²) in [5.74, 6) is -19.6. The second-order valence-corrected chi connectivity index (χ2v) is 7.37. The van der Waals surface area contributed by atoms with E-state index in [1.165, 1.54) is 0 Å². The van der Waals surface area contributed by atoms with Crippen molar-refractivity contribution in [2.75, 3.05) is 39.6 Å². The summed E-state index contributed by atoms with van der Waals surface area (Å²) in [4.78, 5) is 66.8. The Bertz CT molecular complexity index is 905. The molecular weight excluding hydrogens is 608 g/mol.